The Hall–Kier alpha value is -4.15. The van der Waals surface area contributed by atoms with Crippen LogP contribution >= 0.6 is 11.6 Å². The molecule has 1 amide bonds. The minimum Gasteiger partial charge on any atom is -0.497 e. The maximum Gasteiger partial charge on any atom is 0.308 e. The molecule has 1 heterocycles. The van der Waals surface area contributed by atoms with E-state index in [1.165, 1.54) is 33.3 Å². The van der Waals surface area contributed by atoms with Gasteiger partial charge in [-0.3, -0.25) is 9.59 Å². The quantitative estimate of drug-likeness (QED) is 0.270. The van der Waals surface area contributed by atoms with Gasteiger partial charge in [0.15, 0.2) is 11.5 Å². The van der Waals surface area contributed by atoms with Crippen molar-refractivity contribution in [2.75, 3.05) is 47.1 Å². The van der Waals surface area contributed by atoms with Crippen LogP contribution in [0.3, 0.4) is 0 Å². The van der Waals surface area contributed by atoms with E-state index in [2.05, 4.69) is 0 Å². The molecule has 0 radical (unpaired) electrons. The Morgan fingerprint density at radius 1 is 0.881 bits per heavy atom. The summed E-state index contributed by atoms with van der Waals surface area (Å²) in [5.41, 5.74) is 2.19. The number of benzene rings is 3. The van der Waals surface area contributed by atoms with Gasteiger partial charge in [0.05, 0.1) is 60.8 Å². The van der Waals surface area contributed by atoms with E-state index in [9.17, 15) is 9.59 Å². The first-order valence-electron chi connectivity index (χ1n) is 13.2. The van der Waals surface area contributed by atoms with Crippen molar-refractivity contribution in [1.82, 2.24) is 0 Å². The summed E-state index contributed by atoms with van der Waals surface area (Å²) in [5.74, 6) is 1.25. The summed E-state index contributed by atoms with van der Waals surface area (Å²) < 4.78 is 39.7. The smallest absolute Gasteiger partial charge is 0.308 e. The summed E-state index contributed by atoms with van der Waals surface area (Å²) >= 11 is 6.58. The minimum atomic E-state index is -1.23. The molecule has 3 aromatic carbocycles. The van der Waals surface area contributed by atoms with Gasteiger partial charge in [0, 0.05) is 33.8 Å². The van der Waals surface area contributed by atoms with Gasteiger partial charge >= 0.3 is 5.97 Å². The number of fused-ring (bicyclic) bond motifs is 1. The number of methoxy groups -OCH3 is 5. The van der Waals surface area contributed by atoms with Crippen molar-refractivity contribution in [3.8, 4) is 28.7 Å². The average Bonchev–Trinajstić information content (AvgIpc) is 3.10. The molecule has 1 aliphatic rings. The van der Waals surface area contributed by atoms with Crippen LogP contribution in [0.25, 0.3) is 0 Å². The summed E-state index contributed by atoms with van der Waals surface area (Å²) in [6.07, 6.45) is -2.47. The molecule has 0 saturated carbocycles. The number of esters is 1. The normalized spacial score (nSPS) is 16.3. The predicted molar refractivity (Wildman–Crippen MR) is 156 cm³/mol. The van der Waals surface area contributed by atoms with Crippen LogP contribution in [0.4, 0.5) is 5.69 Å². The number of anilines is 1. The Labute approximate surface area is 249 Å². The average molecular weight is 600 g/mol. The highest BCUT2D eigenvalue weighted by Crippen LogP contribution is 2.49. The molecule has 0 bridgehead atoms. The summed E-state index contributed by atoms with van der Waals surface area (Å²) in [6, 6.07) is 14.0. The van der Waals surface area contributed by atoms with Crippen LogP contribution in [0, 0.1) is 0 Å². The highest BCUT2D eigenvalue weighted by Gasteiger charge is 2.41. The lowest BCUT2D eigenvalue weighted by Gasteiger charge is -2.27. The van der Waals surface area contributed by atoms with E-state index in [-0.39, 0.29) is 19.6 Å². The molecule has 0 aromatic heterocycles. The first kappa shape index (κ1) is 30.8. The third-order valence-electron chi connectivity index (χ3n) is 6.88. The third-order valence-corrected chi connectivity index (χ3v) is 7.10. The first-order chi connectivity index (χ1) is 20.3. The molecule has 42 heavy (non-hydrogen) atoms. The van der Waals surface area contributed by atoms with Crippen molar-refractivity contribution >= 4 is 29.2 Å². The number of carbonyl (C=O) groups is 2. The molecule has 11 heteroatoms. The van der Waals surface area contributed by atoms with Crippen molar-refractivity contribution in [2.24, 2.45) is 0 Å². The fourth-order valence-corrected chi connectivity index (χ4v) is 5.21. The summed E-state index contributed by atoms with van der Waals surface area (Å²) in [7, 11) is 7.63. The molecule has 1 aliphatic heterocycles. The lowest BCUT2D eigenvalue weighted by molar-refractivity contribution is -0.151. The van der Waals surface area contributed by atoms with Crippen LogP contribution in [0.2, 0.25) is 5.02 Å². The molecule has 0 N–H and O–H groups in total. The number of ether oxygens (including phenoxy) is 7. The molecule has 0 fully saturated rings. The standard InChI is InChI=1S/C31H34ClNO9/c1-7-41-27(34)16-26-31(35)33(17-18-11-12-20(36-2)15-24(18)38-4)28-22(13-19(32)14-25(28)39-5)29(42-26)21-9-8-10-23(37-3)30(21)40-6/h8-15,26,29H,7,16-17H2,1-6H3/t26-,29-/m1/s1. The van der Waals surface area contributed by atoms with Crippen molar-refractivity contribution in [3.05, 3.63) is 70.2 Å². The Kier molecular flexibility index (Phi) is 10.0. The number of nitrogens with zero attached hydrogens (tertiary/aromatic N) is 1. The number of halogens is 1. The maximum atomic E-state index is 14.4. The zero-order chi connectivity index (χ0) is 30.4. The lowest BCUT2D eigenvalue weighted by Crippen LogP contribution is -2.40. The van der Waals surface area contributed by atoms with Gasteiger partial charge in [0.2, 0.25) is 0 Å². The van der Waals surface area contributed by atoms with E-state index in [1.807, 2.05) is 6.07 Å². The number of hydrogen-bond donors (Lipinski definition) is 0. The molecule has 0 aliphatic carbocycles. The maximum absolute atomic E-state index is 14.4. The van der Waals surface area contributed by atoms with Crippen molar-refractivity contribution in [3.63, 3.8) is 0 Å². The largest absolute Gasteiger partial charge is 0.497 e. The summed E-state index contributed by atoms with van der Waals surface area (Å²) in [4.78, 5) is 28.6. The van der Waals surface area contributed by atoms with Gasteiger partial charge in [-0.05, 0) is 31.2 Å². The van der Waals surface area contributed by atoms with E-state index < -0.39 is 24.1 Å². The zero-order valence-corrected chi connectivity index (χ0v) is 25.2. The number of amides is 1. The molecular weight excluding hydrogens is 566 g/mol. The Morgan fingerprint density at radius 2 is 1.62 bits per heavy atom. The Balaban J connectivity index is 1.98. The van der Waals surface area contributed by atoms with Crippen LogP contribution in [0.1, 0.15) is 36.1 Å². The molecule has 224 valence electrons. The van der Waals surface area contributed by atoms with Crippen molar-refractivity contribution in [1.29, 1.82) is 0 Å². The van der Waals surface area contributed by atoms with Gasteiger partial charge in [-0.25, -0.2) is 0 Å². The number of hydrogen-bond acceptors (Lipinski definition) is 9. The second-order valence-electron chi connectivity index (χ2n) is 9.24. The van der Waals surface area contributed by atoms with E-state index >= 15 is 0 Å². The van der Waals surface area contributed by atoms with E-state index in [4.69, 9.17) is 44.8 Å². The van der Waals surface area contributed by atoms with Crippen LogP contribution in [-0.4, -0.2) is 60.1 Å². The molecule has 0 unspecified atom stereocenters. The van der Waals surface area contributed by atoms with E-state index in [1.54, 1.807) is 56.5 Å². The monoisotopic (exact) mass is 599 g/mol. The molecular formula is C31H34ClNO9. The number of carbonyl (C=O) groups excluding carboxylic acids is 2. The Bertz CT molecular complexity index is 1440. The second-order valence-corrected chi connectivity index (χ2v) is 9.68. The van der Waals surface area contributed by atoms with E-state index in [0.29, 0.717) is 56.1 Å². The molecule has 0 spiro atoms. The van der Waals surface area contributed by atoms with Crippen LogP contribution in [0.15, 0.2) is 48.5 Å². The summed E-state index contributed by atoms with van der Waals surface area (Å²) in [6.45, 7) is 1.91. The Morgan fingerprint density at radius 3 is 2.26 bits per heavy atom. The van der Waals surface area contributed by atoms with Gasteiger partial charge < -0.3 is 38.1 Å². The van der Waals surface area contributed by atoms with Crippen LogP contribution in [0.5, 0.6) is 28.7 Å². The van der Waals surface area contributed by atoms with Gasteiger partial charge in [-0.15, -0.1) is 0 Å². The van der Waals surface area contributed by atoms with E-state index in [0.717, 1.165) is 0 Å². The molecule has 2 atom stereocenters. The van der Waals surface area contributed by atoms with Gasteiger partial charge in [-0.1, -0.05) is 23.7 Å². The van der Waals surface area contributed by atoms with Crippen LogP contribution < -0.4 is 28.6 Å². The fourth-order valence-electron chi connectivity index (χ4n) is 4.99. The molecule has 0 saturated heterocycles. The minimum absolute atomic E-state index is 0.0572. The second kappa shape index (κ2) is 13.7. The third kappa shape index (κ3) is 6.19. The van der Waals surface area contributed by atoms with Gasteiger partial charge in [0.25, 0.3) is 5.91 Å². The SMILES string of the molecule is CCOC(=O)C[C@H]1O[C@H](c2cccc(OC)c2OC)c2cc(Cl)cc(OC)c2N(Cc2ccc(OC)cc2OC)C1=O. The molecule has 3 aromatic rings. The van der Waals surface area contributed by atoms with Crippen molar-refractivity contribution < 1.29 is 42.7 Å². The van der Waals surface area contributed by atoms with Crippen molar-refractivity contribution in [2.45, 2.75) is 32.1 Å². The lowest BCUT2D eigenvalue weighted by atomic mass is 9.97. The number of rotatable bonds is 11. The molecule has 10 nitrogen and oxygen atoms in total. The fraction of sp³-hybridized carbons (Fsp3) is 0.355. The molecule has 4 rings (SSSR count). The first-order valence-corrected chi connectivity index (χ1v) is 13.6. The predicted octanol–water partition coefficient (Wildman–Crippen LogP) is 5.36. The van der Waals surface area contributed by atoms with Gasteiger partial charge in [-0.2, -0.15) is 0 Å². The van der Waals surface area contributed by atoms with Crippen LogP contribution in [-0.2, 0) is 25.6 Å². The zero-order valence-electron chi connectivity index (χ0n) is 24.4. The highest BCUT2D eigenvalue weighted by atomic mass is 35.5. The number of para-hydroxylation sites is 1. The highest BCUT2D eigenvalue weighted by molar-refractivity contribution is 6.31. The summed E-state index contributed by atoms with van der Waals surface area (Å²) in [5, 5.41) is 0.360. The topological polar surface area (TPSA) is 102 Å². The van der Waals surface area contributed by atoms with Gasteiger partial charge in [0.1, 0.15) is 29.5 Å².